The number of thioether (sulfide) groups is 1. The zero-order chi connectivity index (χ0) is 21.9. The molecule has 0 fully saturated rings. The fourth-order valence-electron chi connectivity index (χ4n) is 2.69. The minimum Gasteiger partial charge on any atom is -0.333 e. The lowest BCUT2D eigenvalue weighted by Crippen LogP contribution is -2.48. The normalized spacial score (nSPS) is 11.3. The molecule has 30 heavy (non-hydrogen) atoms. The number of carbonyl (C=O) groups is 2. The number of nitrogens with one attached hydrogen (secondary N) is 2. The van der Waals surface area contributed by atoms with Crippen LogP contribution in [0.25, 0.3) is 16.6 Å². The molecule has 2 N–H and O–H groups in total. The Bertz CT molecular complexity index is 1150. The van der Waals surface area contributed by atoms with E-state index in [-0.39, 0.29) is 16.5 Å². The van der Waals surface area contributed by atoms with Gasteiger partial charge < -0.3 is 5.32 Å². The number of hydrogen-bond acceptors (Lipinski definition) is 5. The van der Waals surface area contributed by atoms with E-state index in [1.807, 2.05) is 0 Å². The second kappa shape index (κ2) is 8.66. The molecule has 0 bridgehead atoms. The summed E-state index contributed by atoms with van der Waals surface area (Å²) in [6.07, 6.45) is 0. The smallest absolute Gasteiger partial charge is 0.321 e. The number of para-hydroxylation sites is 1. The molecule has 0 radical (unpaired) electrons. The molecule has 3 aromatic rings. The SMILES string of the molecule is CC(C)(C)NC(=O)NC(=O)CSc1nc2ccccc2c(=O)n1-c1ccc(F)cc1. The summed E-state index contributed by atoms with van der Waals surface area (Å²) in [6.45, 7) is 5.39. The van der Waals surface area contributed by atoms with Gasteiger partial charge in [-0.25, -0.2) is 14.2 Å². The van der Waals surface area contributed by atoms with Crippen LogP contribution in [0, 0.1) is 5.82 Å². The summed E-state index contributed by atoms with van der Waals surface area (Å²) < 4.78 is 14.7. The van der Waals surface area contributed by atoms with Gasteiger partial charge in [0.1, 0.15) is 5.82 Å². The predicted octanol–water partition coefficient (Wildman–Crippen LogP) is 3.24. The number of aromatic nitrogens is 2. The van der Waals surface area contributed by atoms with Crippen molar-refractivity contribution in [3.8, 4) is 5.69 Å². The molecule has 0 aliphatic heterocycles. The first-order valence-electron chi connectivity index (χ1n) is 9.16. The van der Waals surface area contributed by atoms with Crippen molar-refractivity contribution in [3.63, 3.8) is 0 Å². The fraction of sp³-hybridized carbons (Fsp3) is 0.238. The molecule has 0 atom stereocenters. The van der Waals surface area contributed by atoms with Gasteiger partial charge in [0.2, 0.25) is 5.91 Å². The van der Waals surface area contributed by atoms with Crippen molar-refractivity contribution >= 4 is 34.6 Å². The number of rotatable bonds is 4. The Kier molecular flexibility index (Phi) is 6.21. The Labute approximate surface area is 176 Å². The van der Waals surface area contributed by atoms with Gasteiger partial charge in [-0.05, 0) is 57.2 Å². The highest BCUT2D eigenvalue weighted by Crippen LogP contribution is 2.21. The molecule has 156 valence electrons. The predicted molar refractivity (Wildman–Crippen MR) is 114 cm³/mol. The van der Waals surface area contributed by atoms with Crippen molar-refractivity contribution in [1.29, 1.82) is 0 Å². The average molecular weight is 428 g/mol. The van der Waals surface area contributed by atoms with E-state index in [1.165, 1.54) is 28.8 Å². The zero-order valence-corrected chi connectivity index (χ0v) is 17.5. The first-order chi connectivity index (χ1) is 14.1. The summed E-state index contributed by atoms with van der Waals surface area (Å²) in [5, 5.41) is 5.55. The van der Waals surface area contributed by atoms with Crippen LogP contribution in [-0.2, 0) is 4.79 Å². The van der Waals surface area contributed by atoms with Crippen LogP contribution in [0.1, 0.15) is 20.8 Å². The molecule has 3 amide bonds. The molecular formula is C21H21FN4O3S. The molecule has 1 aromatic heterocycles. The zero-order valence-electron chi connectivity index (χ0n) is 16.7. The van der Waals surface area contributed by atoms with Crippen LogP contribution >= 0.6 is 11.8 Å². The lowest BCUT2D eigenvalue weighted by molar-refractivity contribution is -0.117. The molecular weight excluding hydrogens is 407 g/mol. The number of urea groups is 1. The monoisotopic (exact) mass is 428 g/mol. The molecule has 2 aromatic carbocycles. The van der Waals surface area contributed by atoms with Gasteiger partial charge in [-0.2, -0.15) is 0 Å². The summed E-state index contributed by atoms with van der Waals surface area (Å²) in [7, 11) is 0. The average Bonchev–Trinajstić information content (AvgIpc) is 2.66. The van der Waals surface area contributed by atoms with Gasteiger partial charge in [0.15, 0.2) is 5.16 Å². The molecule has 0 saturated carbocycles. The van der Waals surface area contributed by atoms with Crippen LogP contribution in [0.2, 0.25) is 0 Å². The van der Waals surface area contributed by atoms with E-state index in [9.17, 15) is 18.8 Å². The van der Waals surface area contributed by atoms with E-state index in [2.05, 4.69) is 15.6 Å². The minimum absolute atomic E-state index is 0.135. The fourth-order valence-corrected chi connectivity index (χ4v) is 3.50. The van der Waals surface area contributed by atoms with E-state index in [0.29, 0.717) is 16.6 Å². The maximum Gasteiger partial charge on any atom is 0.321 e. The molecule has 0 unspecified atom stereocenters. The number of benzene rings is 2. The molecule has 0 aliphatic rings. The number of fused-ring (bicyclic) bond motifs is 1. The van der Waals surface area contributed by atoms with Crippen LogP contribution in [0.4, 0.5) is 9.18 Å². The highest BCUT2D eigenvalue weighted by Gasteiger charge is 2.18. The van der Waals surface area contributed by atoms with Gasteiger partial charge in [-0.1, -0.05) is 23.9 Å². The van der Waals surface area contributed by atoms with E-state index < -0.39 is 23.3 Å². The van der Waals surface area contributed by atoms with Crippen molar-refractivity contribution in [2.75, 3.05) is 5.75 Å². The molecule has 0 spiro atoms. The summed E-state index contributed by atoms with van der Waals surface area (Å²) >= 11 is 1.01. The number of hydrogen-bond donors (Lipinski definition) is 2. The van der Waals surface area contributed by atoms with E-state index in [4.69, 9.17) is 0 Å². The minimum atomic E-state index is -0.601. The third-order valence-electron chi connectivity index (χ3n) is 3.90. The molecule has 3 rings (SSSR count). The summed E-state index contributed by atoms with van der Waals surface area (Å²) in [6, 6.07) is 11.7. The van der Waals surface area contributed by atoms with Crippen LogP contribution in [0.15, 0.2) is 58.5 Å². The number of nitrogens with zero attached hydrogens (tertiary/aromatic N) is 2. The van der Waals surface area contributed by atoms with Crippen LogP contribution in [0.5, 0.6) is 0 Å². The standard InChI is InChI=1S/C21H21FN4O3S/c1-21(2,3)25-19(29)24-17(27)12-30-20-23-16-7-5-4-6-15(16)18(28)26(20)14-10-8-13(22)9-11-14/h4-11H,12H2,1-3H3,(H2,24,25,27,29). The topological polar surface area (TPSA) is 93.1 Å². The third kappa shape index (κ3) is 5.24. The lowest BCUT2D eigenvalue weighted by Gasteiger charge is -2.20. The molecule has 9 heteroatoms. The van der Waals surface area contributed by atoms with Crippen LogP contribution in [-0.4, -0.2) is 32.8 Å². The van der Waals surface area contributed by atoms with Crippen molar-refractivity contribution in [2.45, 2.75) is 31.5 Å². The lowest BCUT2D eigenvalue weighted by atomic mass is 10.1. The Hall–Kier alpha value is -3.20. The molecule has 0 saturated heterocycles. The number of imide groups is 1. The molecule has 0 aliphatic carbocycles. The maximum absolute atomic E-state index is 13.4. The summed E-state index contributed by atoms with van der Waals surface area (Å²) in [5.74, 6) is -1.10. The highest BCUT2D eigenvalue weighted by molar-refractivity contribution is 7.99. The number of halogens is 1. The maximum atomic E-state index is 13.4. The van der Waals surface area contributed by atoms with Gasteiger partial charge in [0.25, 0.3) is 5.56 Å². The van der Waals surface area contributed by atoms with Crippen molar-refractivity contribution in [2.24, 2.45) is 0 Å². The van der Waals surface area contributed by atoms with E-state index >= 15 is 0 Å². The van der Waals surface area contributed by atoms with Crippen molar-refractivity contribution < 1.29 is 14.0 Å². The highest BCUT2D eigenvalue weighted by atomic mass is 32.2. The van der Waals surface area contributed by atoms with Crippen molar-refractivity contribution in [3.05, 3.63) is 64.7 Å². The first-order valence-corrected chi connectivity index (χ1v) is 10.2. The molecule has 7 nitrogen and oxygen atoms in total. The largest absolute Gasteiger partial charge is 0.333 e. The Balaban J connectivity index is 1.90. The molecule has 1 heterocycles. The van der Waals surface area contributed by atoms with E-state index in [1.54, 1.807) is 45.0 Å². The van der Waals surface area contributed by atoms with E-state index in [0.717, 1.165) is 11.8 Å². The first kappa shape index (κ1) is 21.5. The Morgan fingerprint density at radius 1 is 1.10 bits per heavy atom. The number of amides is 3. The van der Waals surface area contributed by atoms with Crippen molar-refractivity contribution in [1.82, 2.24) is 20.2 Å². The Morgan fingerprint density at radius 3 is 2.43 bits per heavy atom. The van der Waals surface area contributed by atoms with Gasteiger partial charge in [0.05, 0.1) is 22.3 Å². The second-order valence-corrected chi connectivity index (χ2v) is 8.51. The quantitative estimate of drug-likeness (QED) is 0.492. The van der Waals surface area contributed by atoms with Gasteiger partial charge in [0, 0.05) is 5.54 Å². The van der Waals surface area contributed by atoms with Crippen LogP contribution in [0.3, 0.4) is 0 Å². The Morgan fingerprint density at radius 2 is 1.77 bits per heavy atom. The van der Waals surface area contributed by atoms with Gasteiger partial charge in [-0.15, -0.1) is 0 Å². The van der Waals surface area contributed by atoms with Crippen LogP contribution < -0.4 is 16.2 Å². The summed E-state index contributed by atoms with van der Waals surface area (Å²) in [4.78, 5) is 41.6. The van der Waals surface area contributed by atoms with Gasteiger partial charge in [-0.3, -0.25) is 19.5 Å². The third-order valence-corrected chi connectivity index (χ3v) is 4.84. The number of carbonyl (C=O) groups excluding carboxylic acids is 2. The second-order valence-electron chi connectivity index (χ2n) is 7.57. The summed E-state index contributed by atoms with van der Waals surface area (Å²) in [5.41, 5.74) is 0.0865. The van der Waals surface area contributed by atoms with Gasteiger partial charge >= 0.3 is 6.03 Å².